The Morgan fingerprint density at radius 2 is 1.58 bits per heavy atom. The number of aromatic nitrogens is 2. The van der Waals surface area contributed by atoms with E-state index in [1.54, 1.807) is 36.0 Å². The van der Waals surface area contributed by atoms with Crippen molar-refractivity contribution in [1.82, 2.24) is 9.55 Å². The first-order valence-electron chi connectivity index (χ1n) is 7.99. The highest BCUT2D eigenvalue weighted by molar-refractivity contribution is 8.04. The third kappa shape index (κ3) is 5.61. The Morgan fingerprint density at radius 3 is 2.19 bits per heavy atom. The Labute approximate surface area is 177 Å². The van der Waals surface area contributed by atoms with Crippen molar-refractivity contribution in [2.24, 2.45) is 0 Å². The molecular weight excluding hydrogens is 427 g/mol. The molecule has 0 N–H and O–H groups in total. The van der Waals surface area contributed by atoms with Crippen molar-refractivity contribution < 1.29 is 0 Å². The van der Waals surface area contributed by atoms with Gasteiger partial charge in [0.1, 0.15) is 0 Å². The highest BCUT2D eigenvalue weighted by Crippen LogP contribution is 2.39. The summed E-state index contributed by atoms with van der Waals surface area (Å²) in [5, 5.41) is 1.48. The van der Waals surface area contributed by atoms with Gasteiger partial charge in [-0.25, -0.2) is 4.98 Å². The van der Waals surface area contributed by atoms with Gasteiger partial charge in [0.2, 0.25) is 0 Å². The van der Waals surface area contributed by atoms with E-state index in [0.717, 1.165) is 27.1 Å². The van der Waals surface area contributed by atoms with Crippen LogP contribution in [0.4, 0.5) is 0 Å². The molecule has 1 unspecified atom stereocenters. The first kappa shape index (κ1) is 20.0. The average Bonchev–Trinajstić information content (AvgIpc) is 3.18. The molecule has 1 heterocycles. The molecule has 3 rings (SSSR count). The number of benzene rings is 2. The molecule has 0 radical (unpaired) electrons. The van der Waals surface area contributed by atoms with Crippen LogP contribution in [0.15, 0.2) is 72.1 Å². The standard InChI is InChI=1S/C19H17Cl3N2S2/c20-16-3-1-15(2-4-16)13-19(22,24-10-9-23-14-24)26-12-11-25-18-7-5-17(21)6-8-18/h1-10,14H,11-13H2. The molecule has 1 atom stereocenters. The summed E-state index contributed by atoms with van der Waals surface area (Å²) in [6.45, 7) is 0. The topological polar surface area (TPSA) is 17.8 Å². The Bertz CT molecular complexity index is 808. The fraction of sp³-hybridized carbons (Fsp3) is 0.211. The molecule has 0 saturated heterocycles. The van der Waals surface area contributed by atoms with E-state index in [1.165, 1.54) is 4.90 Å². The maximum Gasteiger partial charge on any atom is 0.170 e. The summed E-state index contributed by atoms with van der Waals surface area (Å²) in [4.78, 5) is 5.36. The van der Waals surface area contributed by atoms with Gasteiger partial charge in [-0.05, 0) is 42.0 Å². The van der Waals surface area contributed by atoms with Gasteiger partial charge < -0.3 is 4.57 Å². The third-order valence-electron chi connectivity index (χ3n) is 3.71. The molecule has 0 amide bonds. The van der Waals surface area contributed by atoms with Crippen LogP contribution < -0.4 is 0 Å². The number of hydrogen-bond donors (Lipinski definition) is 0. The summed E-state index contributed by atoms with van der Waals surface area (Å²) in [6.07, 6.45) is 6.10. The summed E-state index contributed by atoms with van der Waals surface area (Å²) in [5.41, 5.74) is 1.14. The van der Waals surface area contributed by atoms with Gasteiger partial charge in [-0.2, -0.15) is 0 Å². The molecule has 2 aromatic carbocycles. The highest BCUT2D eigenvalue weighted by Gasteiger charge is 2.30. The molecule has 0 spiro atoms. The molecule has 0 fully saturated rings. The number of nitrogens with zero attached hydrogens (tertiary/aromatic N) is 2. The number of alkyl halides is 1. The largest absolute Gasteiger partial charge is 0.309 e. The summed E-state index contributed by atoms with van der Waals surface area (Å²) in [7, 11) is 0. The van der Waals surface area contributed by atoms with Crippen LogP contribution in [-0.4, -0.2) is 21.1 Å². The zero-order valence-electron chi connectivity index (χ0n) is 13.8. The van der Waals surface area contributed by atoms with E-state index in [4.69, 9.17) is 34.8 Å². The predicted molar refractivity (Wildman–Crippen MR) is 116 cm³/mol. The zero-order valence-corrected chi connectivity index (χ0v) is 17.7. The Kier molecular flexibility index (Phi) is 7.24. The second-order valence-electron chi connectivity index (χ2n) is 5.61. The molecule has 7 heteroatoms. The van der Waals surface area contributed by atoms with Crippen LogP contribution in [0.1, 0.15) is 5.56 Å². The van der Waals surface area contributed by atoms with Gasteiger partial charge in [0.25, 0.3) is 0 Å². The molecule has 2 nitrogen and oxygen atoms in total. The maximum absolute atomic E-state index is 7.01. The van der Waals surface area contributed by atoms with Crippen LogP contribution >= 0.6 is 58.3 Å². The molecule has 0 saturated carbocycles. The van der Waals surface area contributed by atoms with Gasteiger partial charge in [0.15, 0.2) is 4.33 Å². The van der Waals surface area contributed by atoms with Crippen molar-refractivity contribution in [2.75, 3.05) is 11.5 Å². The van der Waals surface area contributed by atoms with Crippen LogP contribution in [0.5, 0.6) is 0 Å². The van der Waals surface area contributed by atoms with Crippen molar-refractivity contribution in [1.29, 1.82) is 0 Å². The van der Waals surface area contributed by atoms with Gasteiger partial charge in [-0.15, -0.1) is 23.5 Å². The lowest BCUT2D eigenvalue weighted by Crippen LogP contribution is -2.26. The molecule has 0 aliphatic heterocycles. The second kappa shape index (κ2) is 9.43. The van der Waals surface area contributed by atoms with E-state index in [2.05, 4.69) is 4.98 Å². The minimum Gasteiger partial charge on any atom is -0.309 e. The van der Waals surface area contributed by atoms with E-state index in [-0.39, 0.29) is 0 Å². The molecular formula is C19H17Cl3N2S2. The number of imidazole rings is 1. The minimum atomic E-state index is -0.620. The summed E-state index contributed by atoms with van der Waals surface area (Å²) in [5.74, 6) is 1.86. The van der Waals surface area contributed by atoms with E-state index in [1.807, 2.05) is 59.3 Å². The SMILES string of the molecule is Clc1ccc(CC(Cl)(SCCSc2ccc(Cl)cc2)n2ccnc2)cc1. The molecule has 136 valence electrons. The van der Waals surface area contributed by atoms with Crippen molar-refractivity contribution in [3.05, 3.63) is 82.9 Å². The van der Waals surface area contributed by atoms with Crippen LogP contribution in [0.3, 0.4) is 0 Å². The Morgan fingerprint density at radius 1 is 0.923 bits per heavy atom. The van der Waals surface area contributed by atoms with Gasteiger partial charge in [-0.1, -0.05) is 46.9 Å². The zero-order chi connectivity index (χ0) is 18.4. The fourth-order valence-corrected chi connectivity index (χ4v) is 5.22. The molecule has 1 aromatic heterocycles. The third-order valence-corrected chi connectivity index (χ3v) is 7.35. The first-order valence-corrected chi connectivity index (χ1v) is 11.1. The molecule has 0 aliphatic rings. The smallest absolute Gasteiger partial charge is 0.170 e. The maximum atomic E-state index is 7.01. The van der Waals surface area contributed by atoms with E-state index in [0.29, 0.717) is 6.42 Å². The van der Waals surface area contributed by atoms with Crippen LogP contribution in [0, 0.1) is 0 Å². The minimum absolute atomic E-state index is 0.620. The average molecular weight is 444 g/mol. The van der Waals surface area contributed by atoms with Crippen LogP contribution in [-0.2, 0) is 10.8 Å². The van der Waals surface area contributed by atoms with Gasteiger partial charge in [-0.3, -0.25) is 0 Å². The molecule has 0 bridgehead atoms. The predicted octanol–water partition coefficient (Wildman–Crippen LogP) is 6.81. The first-order chi connectivity index (χ1) is 12.5. The monoisotopic (exact) mass is 442 g/mol. The molecule has 0 aliphatic carbocycles. The highest BCUT2D eigenvalue weighted by atomic mass is 35.5. The number of thioether (sulfide) groups is 2. The molecule has 3 aromatic rings. The van der Waals surface area contributed by atoms with Gasteiger partial charge >= 0.3 is 0 Å². The lowest BCUT2D eigenvalue weighted by atomic mass is 10.1. The number of rotatable bonds is 8. The van der Waals surface area contributed by atoms with Crippen molar-refractivity contribution in [2.45, 2.75) is 15.6 Å². The van der Waals surface area contributed by atoms with Crippen molar-refractivity contribution in [3.63, 3.8) is 0 Å². The van der Waals surface area contributed by atoms with E-state index < -0.39 is 4.33 Å². The second-order valence-corrected chi connectivity index (χ2v) is 9.88. The lowest BCUT2D eigenvalue weighted by Gasteiger charge is -2.28. The summed E-state index contributed by atoms with van der Waals surface area (Å²) in [6, 6.07) is 15.7. The summed E-state index contributed by atoms with van der Waals surface area (Å²) < 4.78 is 1.34. The Hall–Kier alpha value is -0.780. The normalized spacial score (nSPS) is 13.5. The van der Waals surface area contributed by atoms with Gasteiger partial charge in [0, 0.05) is 45.3 Å². The number of halogens is 3. The fourth-order valence-electron chi connectivity index (χ4n) is 2.42. The van der Waals surface area contributed by atoms with Crippen molar-refractivity contribution in [3.8, 4) is 0 Å². The van der Waals surface area contributed by atoms with Crippen molar-refractivity contribution >= 4 is 58.3 Å². The van der Waals surface area contributed by atoms with Gasteiger partial charge in [0.05, 0.1) is 6.33 Å². The quantitative estimate of drug-likeness (QED) is 0.216. The van der Waals surface area contributed by atoms with Crippen LogP contribution in [0.2, 0.25) is 10.0 Å². The molecule has 26 heavy (non-hydrogen) atoms. The van der Waals surface area contributed by atoms with E-state index in [9.17, 15) is 0 Å². The van der Waals surface area contributed by atoms with Crippen LogP contribution in [0.25, 0.3) is 0 Å². The summed E-state index contributed by atoms with van der Waals surface area (Å²) >= 11 is 22.4. The van der Waals surface area contributed by atoms with E-state index >= 15 is 0 Å². The number of hydrogen-bond acceptors (Lipinski definition) is 3. The lowest BCUT2D eigenvalue weighted by molar-refractivity contribution is 0.605. The Balaban J connectivity index is 1.62.